The lowest BCUT2D eigenvalue weighted by molar-refractivity contribution is -0.274. The van der Waals surface area contributed by atoms with Crippen LogP contribution in [0.25, 0.3) is 11.5 Å². The van der Waals surface area contributed by atoms with E-state index in [9.17, 15) is 18.0 Å². The number of carbonyl (C=O) groups excluding carboxylic acids is 1. The van der Waals surface area contributed by atoms with Gasteiger partial charge in [-0.05, 0) is 29.8 Å². The quantitative estimate of drug-likeness (QED) is 0.727. The Labute approximate surface area is 145 Å². The lowest BCUT2D eigenvalue weighted by Gasteiger charge is -2.09. The second kappa shape index (κ2) is 7.21. The molecule has 0 spiro atoms. The average molecular weight is 363 g/mol. The highest BCUT2D eigenvalue weighted by molar-refractivity contribution is 5.90. The molecule has 0 saturated heterocycles. The van der Waals surface area contributed by atoms with Crippen molar-refractivity contribution in [1.29, 1.82) is 0 Å². The number of H-pyrrole nitrogens is 1. The number of pyridine rings is 1. The molecule has 0 saturated carbocycles. The topological polar surface area (TPSA) is 92.8 Å². The number of anilines is 1. The van der Waals surface area contributed by atoms with E-state index in [1.807, 2.05) is 0 Å². The fraction of sp³-hybridized carbons (Fsp3) is 0.125. The number of rotatable bonds is 5. The Morgan fingerprint density at radius 2 is 1.88 bits per heavy atom. The average Bonchev–Trinajstić information content (AvgIpc) is 3.04. The lowest BCUT2D eigenvalue weighted by Crippen LogP contribution is -2.17. The predicted molar refractivity (Wildman–Crippen MR) is 85.1 cm³/mol. The van der Waals surface area contributed by atoms with Crippen LogP contribution in [0.5, 0.6) is 5.75 Å². The third kappa shape index (κ3) is 4.79. The molecule has 2 aromatic heterocycles. The van der Waals surface area contributed by atoms with E-state index in [0.29, 0.717) is 17.1 Å². The molecule has 0 radical (unpaired) electrons. The van der Waals surface area contributed by atoms with Gasteiger partial charge >= 0.3 is 6.36 Å². The molecule has 0 aliphatic heterocycles. The number of carbonyl (C=O) groups is 1. The summed E-state index contributed by atoms with van der Waals surface area (Å²) in [5, 5.41) is 10.2. The number of nitrogens with zero attached hydrogens (tertiary/aromatic N) is 3. The molecule has 1 aromatic carbocycles. The summed E-state index contributed by atoms with van der Waals surface area (Å²) in [6, 6.07) is 10.3. The van der Waals surface area contributed by atoms with Gasteiger partial charge in [0.25, 0.3) is 0 Å². The summed E-state index contributed by atoms with van der Waals surface area (Å²) in [5.41, 5.74) is 1.09. The standard InChI is InChI=1S/C16H12F3N5O2/c17-16(18,19)26-11-6-4-10(5-7-11)9-13(25)21-15-22-14(23-24-15)12-3-1-2-8-20-12/h1-8H,9H2,(H2,21,22,23,24,25). The highest BCUT2D eigenvalue weighted by Gasteiger charge is 2.30. The molecule has 2 heterocycles. The van der Waals surface area contributed by atoms with Crippen molar-refractivity contribution in [2.75, 3.05) is 5.32 Å². The van der Waals surface area contributed by atoms with Crippen molar-refractivity contribution < 1.29 is 22.7 Å². The molecule has 3 aromatic rings. The molecule has 0 aliphatic carbocycles. The zero-order valence-corrected chi connectivity index (χ0v) is 13.1. The maximum atomic E-state index is 12.1. The van der Waals surface area contributed by atoms with Gasteiger partial charge in [-0.1, -0.05) is 18.2 Å². The van der Waals surface area contributed by atoms with Gasteiger partial charge in [0, 0.05) is 6.20 Å². The molecule has 3 rings (SSSR count). The van der Waals surface area contributed by atoms with Gasteiger partial charge in [0.2, 0.25) is 11.9 Å². The number of benzene rings is 1. The molecule has 0 fully saturated rings. The number of nitrogens with one attached hydrogen (secondary N) is 2. The van der Waals surface area contributed by atoms with Gasteiger partial charge in [-0.2, -0.15) is 0 Å². The third-order valence-electron chi connectivity index (χ3n) is 3.17. The SMILES string of the molecule is O=C(Cc1ccc(OC(F)(F)F)cc1)Nc1nnc(-c2ccccn2)[nH]1. The predicted octanol–water partition coefficient (Wildman–Crippen LogP) is 2.95. The lowest BCUT2D eigenvalue weighted by atomic mass is 10.1. The fourth-order valence-electron chi connectivity index (χ4n) is 2.11. The number of ether oxygens (including phenoxy) is 1. The van der Waals surface area contributed by atoms with Crippen molar-refractivity contribution in [3.63, 3.8) is 0 Å². The largest absolute Gasteiger partial charge is 0.573 e. The molecule has 1 amide bonds. The van der Waals surface area contributed by atoms with Crippen molar-refractivity contribution in [1.82, 2.24) is 20.2 Å². The smallest absolute Gasteiger partial charge is 0.406 e. The van der Waals surface area contributed by atoms with E-state index in [2.05, 4.69) is 30.2 Å². The Morgan fingerprint density at radius 1 is 1.12 bits per heavy atom. The number of aromatic amines is 1. The summed E-state index contributed by atoms with van der Waals surface area (Å²) in [6.07, 6.45) is -3.20. The molecular weight excluding hydrogens is 351 g/mol. The Hall–Kier alpha value is -3.43. The molecule has 0 bridgehead atoms. The van der Waals surface area contributed by atoms with E-state index in [0.717, 1.165) is 12.1 Å². The molecule has 0 unspecified atom stereocenters. The van der Waals surface area contributed by atoms with Gasteiger partial charge in [0.05, 0.1) is 6.42 Å². The summed E-state index contributed by atoms with van der Waals surface area (Å²) < 4.78 is 40.1. The molecule has 134 valence electrons. The Kier molecular flexibility index (Phi) is 4.83. The van der Waals surface area contributed by atoms with E-state index in [4.69, 9.17) is 0 Å². The summed E-state index contributed by atoms with van der Waals surface area (Å²) >= 11 is 0. The van der Waals surface area contributed by atoms with Crippen molar-refractivity contribution in [2.45, 2.75) is 12.8 Å². The minimum Gasteiger partial charge on any atom is -0.406 e. The minimum absolute atomic E-state index is 0.0497. The molecular formula is C16H12F3N5O2. The Morgan fingerprint density at radius 3 is 2.54 bits per heavy atom. The zero-order chi connectivity index (χ0) is 18.6. The van der Waals surface area contributed by atoms with Gasteiger partial charge in [0.15, 0.2) is 5.82 Å². The second-order valence-electron chi connectivity index (χ2n) is 5.15. The molecule has 0 aliphatic rings. The van der Waals surface area contributed by atoms with Crippen molar-refractivity contribution >= 4 is 11.9 Å². The first-order valence-electron chi connectivity index (χ1n) is 7.38. The number of aromatic nitrogens is 4. The first kappa shape index (κ1) is 17.4. The molecule has 26 heavy (non-hydrogen) atoms. The number of alkyl halides is 3. The third-order valence-corrected chi connectivity index (χ3v) is 3.17. The van der Waals surface area contributed by atoms with Crippen LogP contribution in [0.2, 0.25) is 0 Å². The van der Waals surface area contributed by atoms with Crippen LogP contribution in [-0.2, 0) is 11.2 Å². The normalized spacial score (nSPS) is 11.2. The number of halogens is 3. The fourth-order valence-corrected chi connectivity index (χ4v) is 2.11. The van der Waals surface area contributed by atoms with E-state index < -0.39 is 12.3 Å². The monoisotopic (exact) mass is 363 g/mol. The van der Waals surface area contributed by atoms with Crippen molar-refractivity contribution in [2.24, 2.45) is 0 Å². The maximum Gasteiger partial charge on any atom is 0.573 e. The summed E-state index contributed by atoms with van der Waals surface area (Å²) in [6.45, 7) is 0. The molecule has 2 N–H and O–H groups in total. The van der Waals surface area contributed by atoms with Crippen LogP contribution >= 0.6 is 0 Å². The van der Waals surface area contributed by atoms with Crippen LogP contribution in [0.3, 0.4) is 0 Å². The van der Waals surface area contributed by atoms with Crippen LogP contribution in [0.1, 0.15) is 5.56 Å². The van der Waals surface area contributed by atoms with Crippen LogP contribution in [-0.4, -0.2) is 32.4 Å². The molecule has 0 atom stereocenters. The zero-order valence-electron chi connectivity index (χ0n) is 13.1. The first-order chi connectivity index (χ1) is 12.4. The number of hydrogen-bond donors (Lipinski definition) is 2. The summed E-state index contributed by atoms with van der Waals surface area (Å²) in [5.74, 6) is -0.211. The van der Waals surface area contributed by atoms with Crippen molar-refractivity contribution in [3.8, 4) is 17.3 Å². The van der Waals surface area contributed by atoms with Gasteiger partial charge in [0.1, 0.15) is 11.4 Å². The van der Waals surface area contributed by atoms with Crippen molar-refractivity contribution in [3.05, 3.63) is 54.2 Å². The van der Waals surface area contributed by atoms with E-state index >= 15 is 0 Å². The van der Waals surface area contributed by atoms with Crippen LogP contribution in [0.4, 0.5) is 19.1 Å². The minimum atomic E-state index is -4.75. The van der Waals surface area contributed by atoms with Gasteiger partial charge in [-0.25, -0.2) is 0 Å². The summed E-state index contributed by atoms with van der Waals surface area (Å²) in [4.78, 5) is 18.9. The van der Waals surface area contributed by atoms with Crippen LogP contribution in [0.15, 0.2) is 48.7 Å². The maximum absolute atomic E-state index is 12.1. The Balaban J connectivity index is 1.58. The highest BCUT2D eigenvalue weighted by atomic mass is 19.4. The first-order valence-corrected chi connectivity index (χ1v) is 7.38. The van der Waals surface area contributed by atoms with Gasteiger partial charge in [-0.15, -0.1) is 23.4 Å². The van der Waals surface area contributed by atoms with Crippen LogP contribution < -0.4 is 10.1 Å². The summed E-state index contributed by atoms with van der Waals surface area (Å²) in [7, 11) is 0. The van der Waals surface area contributed by atoms with E-state index in [1.54, 1.807) is 24.4 Å². The molecule has 7 nitrogen and oxygen atoms in total. The number of amides is 1. The van der Waals surface area contributed by atoms with E-state index in [1.165, 1.54) is 12.1 Å². The molecule has 10 heteroatoms. The second-order valence-corrected chi connectivity index (χ2v) is 5.15. The number of hydrogen-bond acceptors (Lipinski definition) is 5. The Bertz CT molecular complexity index is 879. The van der Waals surface area contributed by atoms with Crippen LogP contribution in [0, 0.1) is 0 Å². The van der Waals surface area contributed by atoms with Gasteiger partial charge in [-0.3, -0.25) is 15.1 Å². The van der Waals surface area contributed by atoms with Gasteiger partial charge < -0.3 is 9.72 Å². The highest BCUT2D eigenvalue weighted by Crippen LogP contribution is 2.23. The van der Waals surface area contributed by atoms with E-state index in [-0.39, 0.29) is 18.1 Å².